The lowest BCUT2D eigenvalue weighted by Gasteiger charge is -2.37. The molecule has 6 rings (SSSR count). The summed E-state index contributed by atoms with van der Waals surface area (Å²) in [6.45, 7) is 9.53. The van der Waals surface area contributed by atoms with Gasteiger partial charge in [0.25, 0.3) is 5.69 Å². The predicted molar refractivity (Wildman–Crippen MR) is 193 cm³/mol. The van der Waals surface area contributed by atoms with Crippen LogP contribution in [-0.2, 0) is 40.1 Å². The number of carbonyl (C=O) groups excluding carboxylic acids is 2. The van der Waals surface area contributed by atoms with Crippen molar-refractivity contribution in [1.29, 1.82) is 0 Å². The molecule has 2 amide bonds. The average molecular weight is 692 g/mol. The Balaban J connectivity index is 1.48. The van der Waals surface area contributed by atoms with Gasteiger partial charge in [-0.1, -0.05) is 84.9 Å². The molecule has 10 nitrogen and oxygen atoms in total. The summed E-state index contributed by atoms with van der Waals surface area (Å²) >= 11 is 0. The largest absolute Gasteiger partial charge is 0.456 e. The van der Waals surface area contributed by atoms with Crippen LogP contribution < -0.4 is 0 Å². The number of carbonyl (C=O) groups is 2. The highest BCUT2D eigenvalue weighted by Crippen LogP contribution is 2.40. The quantitative estimate of drug-likeness (QED) is 0.0951. The topological polar surface area (TPSA) is 111 Å². The molecule has 4 aromatic rings. The minimum absolute atomic E-state index is 0.0494. The maximum Gasteiger partial charge on any atom is 0.338 e. The summed E-state index contributed by atoms with van der Waals surface area (Å²) < 4.78 is 19.2. The molecule has 2 aliphatic heterocycles. The molecule has 0 N–H and O–H groups in total. The third kappa shape index (κ3) is 8.64. The summed E-state index contributed by atoms with van der Waals surface area (Å²) in [5.74, 6) is -1.39. The lowest BCUT2D eigenvalue weighted by molar-refractivity contribution is -0.384. The van der Waals surface area contributed by atoms with Crippen LogP contribution in [-0.4, -0.2) is 62.4 Å². The highest BCUT2D eigenvalue weighted by Gasteiger charge is 2.55. The number of nitro groups is 1. The molecule has 0 unspecified atom stereocenters. The number of amides is 2. The van der Waals surface area contributed by atoms with E-state index in [1.165, 1.54) is 12.1 Å². The lowest BCUT2D eigenvalue weighted by Crippen LogP contribution is -2.51. The highest BCUT2D eigenvalue weighted by atomic mass is 16.8. The Morgan fingerprint density at radius 1 is 0.745 bits per heavy atom. The molecule has 10 heteroatoms. The minimum Gasteiger partial charge on any atom is -0.456 e. The zero-order valence-electron chi connectivity index (χ0n) is 29.7. The predicted octanol–water partition coefficient (Wildman–Crippen LogP) is 7.73. The van der Waals surface area contributed by atoms with Crippen LogP contribution in [0.25, 0.3) is 0 Å². The van der Waals surface area contributed by atoms with E-state index in [-0.39, 0.29) is 24.8 Å². The van der Waals surface area contributed by atoms with Crippen molar-refractivity contribution >= 4 is 17.7 Å². The van der Waals surface area contributed by atoms with Gasteiger partial charge in [-0.15, -0.1) is 0 Å². The summed E-state index contributed by atoms with van der Waals surface area (Å²) in [6.07, 6.45) is -0.0965. The smallest absolute Gasteiger partial charge is 0.338 e. The molecule has 4 aromatic carbocycles. The number of hydrogen-bond donors (Lipinski definition) is 0. The van der Waals surface area contributed by atoms with Crippen molar-refractivity contribution in [3.05, 3.63) is 147 Å². The van der Waals surface area contributed by atoms with E-state index in [4.69, 9.17) is 14.2 Å². The minimum atomic E-state index is -0.945. The van der Waals surface area contributed by atoms with Gasteiger partial charge in [0.2, 0.25) is 0 Å². The van der Waals surface area contributed by atoms with Crippen LogP contribution in [0.3, 0.4) is 0 Å². The molecular formula is C41H45N3O7. The summed E-state index contributed by atoms with van der Waals surface area (Å²) in [4.78, 5) is 43.3. The fourth-order valence-electron chi connectivity index (χ4n) is 7.04. The van der Waals surface area contributed by atoms with Crippen LogP contribution in [0.2, 0.25) is 0 Å². The van der Waals surface area contributed by atoms with Crippen LogP contribution in [0.1, 0.15) is 67.2 Å². The first kappa shape index (κ1) is 35.8. The molecule has 266 valence electrons. The number of benzene rings is 4. The van der Waals surface area contributed by atoms with Crippen molar-refractivity contribution in [2.24, 2.45) is 0 Å². The molecule has 0 bridgehead atoms. The van der Waals surface area contributed by atoms with E-state index in [1.54, 1.807) is 35.2 Å². The van der Waals surface area contributed by atoms with Crippen LogP contribution in [0, 0.1) is 10.1 Å². The van der Waals surface area contributed by atoms with Gasteiger partial charge >= 0.3 is 12.0 Å². The van der Waals surface area contributed by atoms with Crippen molar-refractivity contribution in [2.45, 2.75) is 96.2 Å². The Labute approximate surface area is 299 Å². The third-order valence-corrected chi connectivity index (χ3v) is 9.18. The monoisotopic (exact) mass is 691 g/mol. The number of non-ortho nitro benzene ring substituents is 1. The fraction of sp³-hybridized carbons (Fsp3) is 0.366. The molecule has 51 heavy (non-hydrogen) atoms. The van der Waals surface area contributed by atoms with E-state index in [2.05, 4.69) is 0 Å². The Morgan fingerprint density at radius 2 is 1.22 bits per heavy atom. The maximum absolute atomic E-state index is 15.3. The summed E-state index contributed by atoms with van der Waals surface area (Å²) in [6, 6.07) is 32.3. The molecule has 0 aliphatic carbocycles. The molecular weight excluding hydrogens is 646 g/mol. The number of rotatable bonds is 10. The molecule has 2 aliphatic rings. The van der Waals surface area contributed by atoms with Gasteiger partial charge in [0.15, 0.2) is 5.79 Å². The second-order valence-electron chi connectivity index (χ2n) is 14.7. The van der Waals surface area contributed by atoms with Crippen LogP contribution >= 0.6 is 0 Å². The molecule has 0 spiro atoms. The van der Waals surface area contributed by atoms with Crippen molar-refractivity contribution in [2.75, 3.05) is 0 Å². The molecule has 0 radical (unpaired) electrons. The van der Waals surface area contributed by atoms with Gasteiger partial charge in [-0.25, -0.2) is 9.59 Å². The number of urea groups is 1. The Bertz CT molecular complexity index is 1860. The number of esters is 1. The number of nitro benzene ring substituents is 1. The average Bonchev–Trinajstić information content (AvgIpc) is 3.39. The van der Waals surface area contributed by atoms with Gasteiger partial charge < -0.3 is 24.0 Å². The number of hydrogen-bond acceptors (Lipinski definition) is 7. The normalized spacial score (nSPS) is 21.5. The Morgan fingerprint density at radius 3 is 1.71 bits per heavy atom. The summed E-state index contributed by atoms with van der Waals surface area (Å²) in [7, 11) is 0. The number of ether oxygens (including phenoxy) is 3. The van der Waals surface area contributed by atoms with Gasteiger partial charge in [-0.2, -0.15) is 0 Å². The van der Waals surface area contributed by atoms with E-state index in [9.17, 15) is 14.9 Å². The molecule has 2 heterocycles. The first-order valence-electron chi connectivity index (χ1n) is 17.3. The van der Waals surface area contributed by atoms with Gasteiger partial charge in [-0.3, -0.25) is 10.1 Å². The van der Waals surface area contributed by atoms with Crippen molar-refractivity contribution in [3.8, 4) is 0 Å². The Hall–Kier alpha value is -5.06. The second-order valence-corrected chi connectivity index (χ2v) is 14.7. The molecule has 2 fully saturated rings. The zero-order valence-corrected chi connectivity index (χ0v) is 29.7. The molecule has 0 aromatic heterocycles. The van der Waals surface area contributed by atoms with Gasteiger partial charge in [0, 0.05) is 25.2 Å². The van der Waals surface area contributed by atoms with Crippen molar-refractivity contribution in [1.82, 2.24) is 9.80 Å². The van der Waals surface area contributed by atoms with Gasteiger partial charge in [-0.05, 0) is 81.8 Å². The number of nitrogens with zero attached hydrogens (tertiary/aromatic N) is 3. The fourth-order valence-corrected chi connectivity index (χ4v) is 7.04. The third-order valence-electron chi connectivity index (χ3n) is 9.18. The van der Waals surface area contributed by atoms with Crippen LogP contribution in [0.5, 0.6) is 0 Å². The lowest BCUT2D eigenvalue weighted by atomic mass is 9.91. The van der Waals surface area contributed by atoms with Crippen molar-refractivity contribution in [3.63, 3.8) is 0 Å². The number of fused-ring (bicyclic) bond motifs is 1. The second kappa shape index (κ2) is 14.7. The van der Waals surface area contributed by atoms with E-state index >= 15 is 4.79 Å². The van der Waals surface area contributed by atoms with Crippen molar-refractivity contribution < 1.29 is 28.7 Å². The first-order valence-corrected chi connectivity index (χ1v) is 17.3. The van der Waals surface area contributed by atoms with Crippen LogP contribution in [0.4, 0.5) is 10.5 Å². The summed E-state index contributed by atoms with van der Waals surface area (Å²) in [5.41, 5.74) is 3.09. The first-order chi connectivity index (χ1) is 24.3. The zero-order chi connectivity index (χ0) is 36.3. The molecule has 2 saturated heterocycles. The SMILES string of the molecule is CC(C)(C)OC(=O)c1cccc(CN2C(=O)N(Cc3cccc([N+](=O)[O-])c3)[C@H](Cc3ccccc3)[C@@H]3OC(C)(C)O[C@H]3[C@H]2Cc2ccccc2)c1. The Kier molecular flexibility index (Phi) is 10.3. The van der Waals surface area contributed by atoms with Gasteiger partial charge in [0.1, 0.15) is 17.8 Å². The summed E-state index contributed by atoms with van der Waals surface area (Å²) in [5, 5.41) is 11.8. The maximum atomic E-state index is 15.3. The molecule has 4 atom stereocenters. The van der Waals surface area contributed by atoms with E-state index in [0.29, 0.717) is 24.0 Å². The van der Waals surface area contributed by atoms with E-state index in [1.807, 2.05) is 106 Å². The van der Waals surface area contributed by atoms with E-state index < -0.39 is 46.6 Å². The molecule has 0 saturated carbocycles. The van der Waals surface area contributed by atoms with Gasteiger partial charge in [0.05, 0.1) is 22.6 Å². The van der Waals surface area contributed by atoms with Crippen LogP contribution in [0.15, 0.2) is 109 Å². The highest BCUT2D eigenvalue weighted by molar-refractivity contribution is 5.90. The van der Waals surface area contributed by atoms with E-state index in [0.717, 1.165) is 16.7 Å². The standard InChI is InChI=1S/C41H45N3O7/c1-40(2,3)51-38(45)32-20-12-18-30(22-32)26-42-34(24-28-14-8-6-9-15-28)36-37(50-41(4,5)49-36)35(25-29-16-10-7-11-17-29)43(39(42)46)27-31-19-13-21-33(23-31)44(47)48/h6-23,34-37H,24-27H2,1-5H3/t34-,35-,36+,37+/m1/s1.